The van der Waals surface area contributed by atoms with E-state index in [0.717, 1.165) is 43.9 Å². The number of anilines is 1. The number of benzene rings is 3. The van der Waals surface area contributed by atoms with Crippen LogP contribution in [-0.4, -0.2) is 74.2 Å². The molecular weight excluding hydrogens is 452 g/mol. The van der Waals surface area contributed by atoms with E-state index in [1.54, 1.807) is 0 Å². The summed E-state index contributed by atoms with van der Waals surface area (Å²) in [5.74, 6) is -0.273. The Morgan fingerprint density at radius 1 is 0.694 bits per heavy atom. The highest BCUT2D eigenvalue weighted by molar-refractivity contribution is 6.09. The maximum Gasteiger partial charge on any atom is 0.325 e. The molecule has 2 saturated heterocycles. The summed E-state index contributed by atoms with van der Waals surface area (Å²) in [6, 6.07) is 28.9. The van der Waals surface area contributed by atoms with Gasteiger partial charge in [0.1, 0.15) is 0 Å². The van der Waals surface area contributed by atoms with Gasteiger partial charge in [-0.05, 0) is 23.3 Å². The van der Waals surface area contributed by atoms with Gasteiger partial charge in [-0.3, -0.25) is 14.6 Å². The Kier molecular flexibility index (Phi) is 7.30. The minimum Gasteiger partial charge on any atom is -0.378 e. The van der Waals surface area contributed by atoms with Crippen LogP contribution in [0.4, 0.5) is 10.5 Å². The van der Waals surface area contributed by atoms with E-state index >= 15 is 0 Å². The zero-order chi connectivity index (χ0) is 24.8. The first-order valence-electron chi connectivity index (χ1n) is 12.5. The van der Waals surface area contributed by atoms with Gasteiger partial charge in [0, 0.05) is 38.4 Å². The first kappa shape index (κ1) is 24.0. The molecule has 5 rings (SSSR count). The summed E-state index contributed by atoms with van der Waals surface area (Å²) in [5, 5.41) is 2.98. The van der Waals surface area contributed by atoms with Gasteiger partial charge in [-0.2, -0.15) is 0 Å². The normalized spacial score (nSPS) is 17.9. The van der Waals surface area contributed by atoms with Gasteiger partial charge in [0.2, 0.25) is 0 Å². The number of urea groups is 1. The predicted molar refractivity (Wildman–Crippen MR) is 140 cm³/mol. The Labute approximate surface area is 212 Å². The molecule has 7 nitrogen and oxygen atoms in total. The summed E-state index contributed by atoms with van der Waals surface area (Å²) >= 11 is 0. The van der Waals surface area contributed by atoms with E-state index in [9.17, 15) is 9.59 Å². The molecule has 0 spiro atoms. The number of piperazine rings is 1. The fourth-order valence-corrected chi connectivity index (χ4v) is 5.03. The Balaban J connectivity index is 1.13. The van der Waals surface area contributed by atoms with E-state index in [-0.39, 0.29) is 12.5 Å². The average molecular weight is 485 g/mol. The maximum atomic E-state index is 13.7. The monoisotopic (exact) mass is 484 g/mol. The highest BCUT2D eigenvalue weighted by atomic mass is 16.5. The summed E-state index contributed by atoms with van der Waals surface area (Å²) in [4.78, 5) is 32.7. The third-order valence-corrected chi connectivity index (χ3v) is 7.02. The average Bonchev–Trinajstić information content (AvgIpc) is 3.20. The second-order valence-corrected chi connectivity index (χ2v) is 9.15. The molecule has 0 bridgehead atoms. The Morgan fingerprint density at radius 2 is 1.22 bits per heavy atom. The van der Waals surface area contributed by atoms with Crippen molar-refractivity contribution in [2.24, 2.45) is 0 Å². The van der Waals surface area contributed by atoms with Crippen molar-refractivity contribution in [1.29, 1.82) is 0 Å². The van der Waals surface area contributed by atoms with Crippen molar-refractivity contribution in [3.8, 4) is 0 Å². The summed E-state index contributed by atoms with van der Waals surface area (Å²) in [6.07, 6.45) is 0. The largest absolute Gasteiger partial charge is 0.378 e. The van der Waals surface area contributed by atoms with Crippen LogP contribution in [0, 0.1) is 0 Å². The molecule has 0 saturated carbocycles. The lowest BCUT2D eigenvalue weighted by molar-refractivity contribution is -0.130. The van der Waals surface area contributed by atoms with Crippen LogP contribution in [0.1, 0.15) is 11.1 Å². The van der Waals surface area contributed by atoms with Gasteiger partial charge in [0.25, 0.3) is 5.91 Å². The van der Waals surface area contributed by atoms with Crippen molar-refractivity contribution < 1.29 is 14.3 Å². The molecule has 3 amide bonds. The minimum absolute atomic E-state index is 0.216. The van der Waals surface area contributed by atoms with Crippen molar-refractivity contribution in [1.82, 2.24) is 15.1 Å². The first-order valence-corrected chi connectivity index (χ1v) is 12.5. The number of carbonyl (C=O) groups excluding carboxylic acids is 2. The van der Waals surface area contributed by atoms with Gasteiger partial charge >= 0.3 is 6.03 Å². The fourth-order valence-electron chi connectivity index (χ4n) is 5.03. The van der Waals surface area contributed by atoms with E-state index in [0.29, 0.717) is 13.2 Å². The number of carbonyl (C=O) groups is 2. The SMILES string of the molecule is O=C1NC(c2ccccc2)(c2ccccc2)C(=O)N1CCOCCN1CCN(c2ccccc2)CC1. The van der Waals surface area contributed by atoms with Crippen molar-refractivity contribution in [2.75, 3.05) is 57.4 Å². The van der Waals surface area contributed by atoms with Gasteiger partial charge in [0.05, 0.1) is 19.8 Å². The standard InChI is InChI=1S/C29H32N4O3/c34-27-29(24-10-4-1-5-11-24,25-12-6-2-7-13-25)30-28(35)33(27)21-23-36-22-20-31-16-18-32(19-17-31)26-14-8-3-9-15-26/h1-15H,16-23H2,(H,30,35). The van der Waals surface area contributed by atoms with Crippen LogP contribution in [0.25, 0.3) is 0 Å². The third-order valence-electron chi connectivity index (χ3n) is 7.02. The van der Waals surface area contributed by atoms with Crippen LogP contribution in [0.2, 0.25) is 0 Å². The molecule has 0 atom stereocenters. The molecule has 2 aliphatic heterocycles. The van der Waals surface area contributed by atoms with Crippen molar-refractivity contribution in [3.63, 3.8) is 0 Å². The van der Waals surface area contributed by atoms with Crippen LogP contribution in [0.5, 0.6) is 0 Å². The number of ether oxygens (including phenoxy) is 1. The Bertz CT molecular complexity index is 1110. The lowest BCUT2D eigenvalue weighted by atomic mass is 9.82. The quantitative estimate of drug-likeness (QED) is 0.373. The Hall–Kier alpha value is -3.68. The van der Waals surface area contributed by atoms with Crippen LogP contribution in [0.3, 0.4) is 0 Å². The second-order valence-electron chi connectivity index (χ2n) is 9.15. The molecule has 0 aromatic heterocycles. The van der Waals surface area contributed by atoms with Crippen LogP contribution < -0.4 is 10.2 Å². The van der Waals surface area contributed by atoms with Crippen molar-refractivity contribution in [3.05, 3.63) is 102 Å². The van der Waals surface area contributed by atoms with E-state index in [2.05, 4.69) is 39.4 Å². The second kappa shape index (κ2) is 10.9. The summed E-state index contributed by atoms with van der Waals surface area (Å²) in [7, 11) is 0. The minimum atomic E-state index is -1.22. The molecule has 2 heterocycles. The molecule has 2 aliphatic rings. The molecule has 36 heavy (non-hydrogen) atoms. The molecule has 1 N–H and O–H groups in total. The molecule has 3 aromatic rings. The number of nitrogens with zero attached hydrogens (tertiary/aromatic N) is 3. The van der Waals surface area contributed by atoms with E-state index in [1.165, 1.54) is 10.6 Å². The van der Waals surface area contributed by atoms with Gasteiger partial charge in [-0.1, -0.05) is 78.9 Å². The van der Waals surface area contributed by atoms with Gasteiger partial charge in [-0.15, -0.1) is 0 Å². The van der Waals surface area contributed by atoms with Crippen LogP contribution >= 0.6 is 0 Å². The van der Waals surface area contributed by atoms with Gasteiger partial charge in [-0.25, -0.2) is 4.79 Å². The molecule has 7 heteroatoms. The first-order chi connectivity index (χ1) is 17.7. The Morgan fingerprint density at radius 3 is 1.81 bits per heavy atom. The van der Waals surface area contributed by atoms with E-state index in [1.807, 2.05) is 66.7 Å². The zero-order valence-electron chi connectivity index (χ0n) is 20.4. The van der Waals surface area contributed by atoms with Gasteiger partial charge < -0.3 is 15.0 Å². The smallest absolute Gasteiger partial charge is 0.325 e. The fraction of sp³-hybridized carbons (Fsp3) is 0.310. The highest BCUT2D eigenvalue weighted by Crippen LogP contribution is 2.35. The van der Waals surface area contributed by atoms with Crippen molar-refractivity contribution >= 4 is 17.6 Å². The molecule has 3 aromatic carbocycles. The number of nitrogens with one attached hydrogen (secondary N) is 1. The summed E-state index contributed by atoms with van der Waals surface area (Å²) in [5.41, 5.74) is 1.53. The van der Waals surface area contributed by atoms with Crippen LogP contribution in [0.15, 0.2) is 91.0 Å². The molecule has 0 aliphatic carbocycles. The molecule has 0 unspecified atom stereocenters. The number of rotatable bonds is 9. The molecule has 2 fully saturated rings. The third kappa shape index (κ3) is 4.85. The summed E-state index contributed by atoms with van der Waals surface area (Å²) in [6.45, 7) is 5.89. The maximum absolute atomic E-state index is 13.7. The zero-order valence-corrected chi connectivity index (χ0v) is 20.4. The van der Waals surface area contributed by atoms with Crippen LogP contribution in [-0.2, 0) is 15.1 Å². The lowest BCUT2D eigenvalue weighted by Crippen LogP contribution is -2.47. The molecular formula is C29H32N4O3. The predicted octanol–water partition coefficient (Wildman–Crippen LogP) is 3.32. The number of hydrogen-bond acceptors (Lipinski definition) is 5. The lowest BCUT2D eigenvalue weighted by Gasteiger charge is -2.36. The van der Waals surface area contributed by atoms with E-state index in [4.69, 9.17) is 4.74 Å². The topological polar surface area (TPSA) is 65.1 Å². The number of para-hydroxylation sites is 1. The number of hydrogen-bond donors (Lipinski definition) is 1. The highest BCUT2D eigenvalue weighted by Gasteiger charge is 2.53. The number of amides is 3. The van der Waals surface area contributed by atoms with Gasteiger partial charge in [0.15, 0.2) is 5.54 Å². The van der Waals surface area contributed by atoms with E-state index < -0.39 is 11.6 Å². The van der Waals surface area contributed by atoms with Crippen molar-refractivity contribution in [2.45, 2.75) is 5.54 Å². The summed E-state index contributed by atoms with van der Waals surface area (Å²) < 4.78 is 5.86. The number of imide groups is 1. The molecule has 0 radical (unpaired) electrons. The molecule has 186 valence electrons.